The van der Waals surface area contributed by atoms with E-state index in [1.807, 2.05) is 44.2 Å². The van der Waals surface area contributed by atoms with Gasteiger partial charge in [-0.3, -0.25) is 0 Å². The van der Waals surface area contributed by atoms with Crippen LogP contribution in [0.5, 0.6) is 0 Å². The van der Waals surface area contributed by atoms with Crippen molar-refractivity contribution < 1.29 is 18.9 Å². The van der Waals surface area contributed by atoms with Gasteiger partial charge in [0.1, 0.15) is 18.3 Å². The van der Waals surface area contributed by atoms with E-state index in [2.05, 4.69) is 6.58 Å². The Hall–Kier alpha value is -1.20. The van der Waals surface area contributed by atoms with Crippen molar-refractivity contribution in [1.29, 1.82) is 0 Å². The van der Waals surface area contributed by atoms with Crippen LogP contribution in [0.4, 0.5) is 0 Å². The number of rotatable bonds is 4. The second-order valence-electron chi connectivity index (χ2n) is 5.57. The first-order valence-electron chi connectivity index (χ1n) is 6.88. The molecule has 2 fully saturated rings. The van der Waals surface area contributed by atoms with E-state index in [-0.39, 0.29) is 18.3 Å². The van der Waals surface area contributed by atoms with Gasteiger partial charge in [-0.25, -0.2) is 0 Å². The van der Waals surface area contributed by atoms with E-state index in [9.17, 15) is 0 Å². The van der Waals surface area contributed by atoms with Gasteiger partial charge in [-0.05, 0) is 19.4 Å². The van der Waals surface area contributed by atoms with Crippen LogP contribution in [-0.4, -0.2) is 30.4 Å². The lowest BCUT2D eigenvalue weighted by Gasteiger charge is -2.23. The van der Waals surface area contributed by atoms with Gasteiger partial charge in [0.15, 0.2) is 12.1 Å². The molecule has 2 heterocycles. The SMILES string of the molecule is C=C[C@H]1O[C@@H](OCc2ccccc2)[C@@H]2OC(C)(C)O[C@@H]21. The smallest absolute Gasteiger partial charge is 0.187 e. The van der Waals surface area contributed by atoms with Crippen LogP contribution >= 0.6 is 0 Å². The van der Waals surface area contributed by atoms with Crippen molar-refractivity contribution in [3.8, 4) is 0 Å². The summed E-state index contributed by atoms with van der Waals surface area (Å²) in [6.45, 7) is 8.08. The molecule has 4 atom stereocenters. The maximum atomic E-state index is 5.89. The third-order valence-electron chi connectivity index (χ3n) is 3.54. The van der Waals surface area contributed by atoms with Crippen LogP contribution in [0.3, 0.4) is 0 Å². The Morgan fingerprint density at radius 1 is 1.20 bits per heavy atom. The van der Waals surface area contributed by atoms with Crippen LogP contribution in [0.1, 0.15) is 19.4 Å². The Morgan fingerprint density at radius 2 is 1.90 bits per heavy atom. The lowest BCUT2D eigenvalue weighted by Crippen LogP contribution is -2.31. The fourth-order valence-electron chi connectivity index (χ4n) is 2.67. The highest BCUT2D eigenvalue weighted by Gasteiger charge is 2.54. The number of ether oxygens (including phenoxy) is 4. The summed E-state index contributed by atoms with van der Waals surface area (Å²) >= 11 is 0. The lowest BCUT2D eigenvalue weighted by molar-refractivity contribution is -0.231. The fraction of sp³-hybridized carbons (Fsp3) is 0.500. The minimum Gasteiger partial charge on any atom is -0.345 e. The normalized spacial score (nSPS) is 34.9. The molecule has 1 aromatic carbocycles. The summed E-state index contributed by atoms with van der Waals surface area (Å²) < 4.78 is 23.4. The standard InChI is InChI=1S/C16H20O4/c1-4-12-13-14(20-16(2,3)19-13)15(18-12)17-10-11-8-6-5-7-9-11/h4-9,12-15H,1,10H2,2-3H3/t12-,13-,14-,15-/m1/s1. The van der Waals surface area contributed by atoms with Gasteiger partial charge in [-0.2, -0.15) is 0 Å². The molecule has 0 amide bonds. The molecule has 1 aromatic rings. The van der Waals surface area contributed by atoms with Gasteiger partial charge in [-0.15, -0.1) is 6.58 Å². The lowest BCUT2D eigenvalue weighted by atomic mass is 10.1. The molecule has 0 aliphatic carbocycles. The van der Waals surface area contributed by atoms with E-state index in [0.29, 0.717) is 6.61 Å². The molecule has 0 radical (unpaired) electrons. The number of fused-ring (bicyclic) bond motifs is 1. The van der Waals surface area contributed by atoms with Crippen LogP contribution in [0.15, 0.2) is 43.0 Å². The molecule has 0 saturated carbocycles. The summed E-state index contributed by atoms with van der Waals surface area (Å²) in [4.78, 5) is 0. The molecule has 2 aliphatic heterocycles. The third kappa shape index (κ3) is 2.65. The molecule has 4 heteroatoms. The molecule has 0 N–H and O–H groups in total. The van der Waals surface area contributed by atoms with E-state index >= 15 is 0 Å². The van der Waals surface area contributed by atoms with Crippen molar-refractivity contribution in [3.05, 3.63) is 48.6 Å². The van der Waals surface area contributed by atoms with Gasteiger partial charge in [0.25, 0.3) is 0 Å². The number of hydrogen-bond acceptors (Lipinski definition) is 4. The average Bonchev–Trinajstić information content (AvgIpc) is 2.91. The monoisotopic (exact) mass is 276 g/mol. The Kier molecular flexibility index (Phi) is 3.65. The maximum Gasteiger partial charge on any atom is 0.187 e. The van der Waals surface area contributed by atoms with E-state index < -0.39 is 12.1 Å². The van der Waals surface area contributed by atoms with Gasteiger partial charge < -0.3 is 18.9 Å². The predicted molar refractivity (Wildman–Crippen MR) is 73.9 cm³/mol. The maximum absolute atomic E-state index is 5.89. The van der Waals surface area contributed by atoms with Crippen LogP contribution in [-0.2, 0) is 25.6 Å². The topological polar surface area (TPSA) is 36.9 Å². The van der Waals surface area contributed by atoms with Gasteiger partial charge in [0.2, 0.25) is 0 Å². The van der Waals surface area contributed by atoms with Gasteiger partial charge in [-0.1, -0.05) is 36.4 Å². The molecule has 20 heavy (non-hydrogen) atoms. The highest BCUT2D eigenvalue weighted by atomic mass is 16.8. The van der Waals surface area contributed by atoms with Crippen molar-refractivity contribution in [1.82, 2.24) is 0 Å². The average molecular weight is 276 g/mol. The quantitative estimate of drug-likeness (QED) is 0.792. The zero-order chi connectivity index (χ0) is 14.2. The van der Waals surface area contributed by atoms with E-state index in [4.69, 9.17) is 18.9 Å². The summed E-state index contributed by atoms with van der Waals surface area (Å²) in [7, 11) is 0. The molecule has 3 rings (SSSR count). The minimum absolute atomic E-state index is 0.150. The van der Waals surface area contributed by atoms with Crippen LogP contribution in [0.25, 0.3) is 0 Å². The summed E-state index contributed by atoms with van der Waals surface area (Å²) in [6, 6.07) is 10.0. The van der Waals surface area contributed by atoms with Gasteiger partial charge >= 0.3 is 0 Å². The number of hydrogen-bond donors (Lipinski definition) is 0. The van der Waals surface area contributed by atoms with Crippen LogP contribution in [0.2, 0.25) is 0 Å². The van der Waals surface area contributed by atoms with Crippen molar-refractivity contribution in [2.75, 3.05) is 0 Å². The second-order valence-corrected chi connectivity index (χ2v) is 5.57. The zero-order valence-electron chi connectivity index (χ0n) is 11.8. The Balaban J connectivity index is 1.66. The van der Waals surface area contributed by atoms with Gasteiger partial charge in [0, 0.05) is 0 Å². The first kappa shape index (κ1) is 13.8. The summed E-state index contributed by atoms with van der Waals surface area (Å²) in [5.74, 6) is -0.602. The Morgan fingerprint density at radius 3 is 2.60 bits per heavy atom. The van der Waals surface area contributed by atoms with E-state index in [0.717, 1.165) is 5.56 Å². The summed E-state index contributed by atoms with van der Waals surface area (Å²) in [5, 5.41) is 0. The molecule has 0 unspecified atom stereocenters. The van der Waals surface area contributed by atoms with Crippen molar-refractivity contribution >= 4 is 0 Å². The fourth-order valence-corrected chi connectivity index (χ4v) is 2.67. The van der Waals surface area contributed by atoms with Crippen molar-refractivity contribution in [3.63, 3.8) is 0 Å². The van der Waals surface area contributed by atoms with E-state index in [1.54, 1.807) is 6.08 Å². The first-order chi connectivity index (χ1) is 9.59. The molecular formula is C16H20O4. The number of benzene rings is 1. The zero-order valence-corrected chi connectivity index (χ0v) is 11.8. The largest absolute Gasteiger partial charge is 0.345 e. The molecule has 108 valence electrons. The molecular weight excluding hydrogens is 256 g/mol. The van der Waals surface area contributed by atoms with Crippen molar-refractivity contribution in [2.45, 2.75) is 50.8 Å². The Bertz CT molecular complexity index is 471. The highest BCUT2D eigenvalue weighted by molar-refractivity contribution is 5.13. The predicted octanol–water partition coefficient (Wildman–Crippen LogP) is 2.63. The second kappa shape index (κ2) is 5.30. The Labute approximate surface area is 119 Å². The first-order valence-corrected chi connectivity index (χ1v) is 6.88. The van der Waals surface area contributed by atoms with Crippen LogP contribution in [0, 0.1) is 0 Å². The molecule has 0 spiro atoms. The molecule has 0 bridgehead atoms. The highest BCUT2D eigenvalue weighted by Crippen LogP contribution is 2.39. The minimum atomic E-state index is -0.602. The van der Waals surface area contributed by atoms with Crippen LogP contribution < -0.4 is 0 Å². The van der Waals surface area contributed by atoms with E-state index in [1.165, 1.54) is 0 Å². The molecule has 4 nitrogen and oxygen atoms in total. The molecule has 0 aromatic heterocycles. The summed E-state index contributed by atoms with van der Waals surface area (Å²) in [5.41, 5.74) is 1.10. The third-order valence-corrected chi connectivity index (χ3v) is 3.54. The summed E-state index contributed by atoms with van der Waals surface area (Å²) in [6.07, 6.45) is 0.765. The molecule has 2 saturated heterocycles. The van der Waals surface area contributed by atoms with Crippen molar-refractivity contribution in [2.24, 2.45) is 0 Å². The molecule has 2 aliphatic rings. The van der Waals surface area contributed by atoms with Gasteiger partial charge in [0.05, 0.1) is 6.61 Å².